The van der Waals surface area contributed by atoms with Gasteiger partial charge < -0.3 is 15.3 Å². The van der Waals surface area contributed by atoms with Gasteiger partial charge in [0.1, 0.15) is 5.82 Å². The van der Waals surface area contributed by atoms with E-state index < -0.39 is 6.10 Å². The van der Waals surface area contributed by atoms with Crippen LogP contribution < -0.4 is 5.32 Å². The van der Waals surface area contributed by atoms with Gasteiger partial charge in [0.05, 0.1) is 16.8 Å². The van der Waals surface area contributed by atoms with Crippen LogP contribution in [0.5, 0.6) is 0 Å². The van der Waals surface area contributed by atoms with Crippen LogP contribution in [-0.2, 0) is 0 Å². The fourth-order valence-electron chi connectivity index (χ4n) is 2.19. The number of aliphatic hydroxyl groups is 1. The Bertz CT molecular complexity index is 397. The fraction of sp³-hybridized carbons (Fsp3) is 0.538. The molecule has 1 fully saturated rings. The lowest BCUT2D eigenvalue weighted by Crippen LogP contribution is -2.34. The number of benzene rings is 1. The van der Waals surface area contributed by atoms with Gasteiger partial charge in [-0.3, -0.25) is 0 Å². The van der Waals surface area contributed by atoms with Crippen molar-refractivity contribution in [3.63, 3.8) is 0 Å². The highest BCUT2D eigenvalue weighted by Gasteiger charge is 2.15. The third kappa shape index (κ3) is 3.83. The highest BCUT2D eigenvalue weighted by molar-refractivity contribution is 6.33. The Morgan fingerprint density at radius 1 is 1.39 bits per heavy atom. The van der Waals surface area contributed by atoms with Gasteiger partial charge in [-0.05, 0) is 44.1 Å². The van der Waals surface area contributed by atoms with Crippen molar-refractivity contribution in [2.24, 2.45) is 0 Å². The molecule has 1 unspecified atom stereocenters. The minimum absolute atomic E-state index is 0.337. The van der Waals surface area contributed by atoms with Gasteiger partial charge in [0.25, 0.3) is 0 Å². The number of nitrogens with zero attached hydrogens (tertiary/aromatic N) is 1. The largest absolute Gasteiger partial charge is 0.390 e. The second-order valence-corrected chi connectivity index (χ2v) is 5.07. The van der Waals surface area contributed by atoms with Gasteiger partial charge in [-0.15, -0.1) is 0 Å². The van der Waals surface area contributed by atoms with E-state index in [-0.39, 0.29) is 5.82 Å². The molecule has 0 spiro atoms. The molecular weight excluding hydrogens is 255 g/mol. The fourth-order valence-corrected chi connectivity index (χ4v) is 2.37. The molecule has 0 saturated carbocycles. The standard InChI is InChI=1S/C13H18ClFN2O/c14-12-4-3-10(15)7-13(12)16-8-11(18)9-17-5-1-2-6-17/h3-4,7,11,16,18H,1-2,5-6,8-9H2. The van der Waals surface area contributed by atoms with E-state index in [1.807, 2.05) is 0 Å². The lowest BCUT2D eigenvalue weighted by Gasteiger charge is -2.20. The van der Waals surface area contributed by atoms with E-state index >= 15 is 0 Å². The molecule has 1 aromatic rings. The first kappa shape index (κ1) is 13.6. The molecule has 1 aliphatic heterocycles. The Kier molecular flexibility index (Phi) is 4.80. The van der Waals surface area contributed by atoms with Crippen molar-refractivity contribution < 1.29 is 9.50 Å². The summed E-state index contributed by atoms with van der Waals surface area (Å²) in [5, 5.41) is 13.3. The third-order valence-corrected chi connectivity index (χ3v) is 3.45. The van der Waals surface area contributed by atoms with Gasteiger partial charge in [0.2, 0.25) is 0 Å². The van der Waals surface area contributed by atoms with Crippen molar-refractivity contribution in [3.05, 3.63) is 29.0 Å². The Morgan fingerprint density at radius 2 is 2.11 bits per heavy atom. The normalized spacial score (nSPS) is 17.9. The molecule has 0 radical (unpaired) electrons. The van der Waals surface area contributed by atoms with Crippen LogP contribution >= 0.6 is 11.6 Å². The summed E-state index contributed by atoms with van der Waals surface area (Å²) in [5.74, 6) is -0.337. The van der Waals surface area contributed by atoms with Gasteiger partial charge in [0, 0.05) is 13.1 Å². The summed E-state index contributed by atoms with van der Waals surface area (Å²) in [6, 6.07) is 4.16. The van der Waals surface area contributed by atoms with Crippen molar-refractivity contribution >= 4 is 17.3 Å². The molecule has 1 aliphatic rings. The predicted octanol–water partition coefficient (Wildman–Crippen LogP) is 2.35. The maximum Gasteiger partial charge on any atom is 0.125 e. The zero-order chi connectivity index (χ0) is 13.0. The molecule has 18 heavy (non-hydrogen) atoms. The molecule has 3 nitrogen and oxygen atoms in total. The van der Waals surface area contributed by atoms with Crippen LogP contribution in [-0.4, -0.2) is 42.3 Å². The summed E-state index contributed by atoms with van der Waals surface area (Å²) in [6.07, 6.45) is 1.94. The number of β-amino-alcohol motifs (C(OH)–C–C–N with tert-alkyl or cyclic N) is 1. The van der Waals surface area contributed by atoms with Crippen molar-refractivity contribution in [1.29, 1.82) is 0 Å². The number of likely N-dealkylation sites (tertiary alicyclic amines) is 1. The molecule has 0 aromatic heterocycles. The van der Waals surface area contributed by atoms with Crippen LogP contribution in [0.3, 0.4) is 0 Å². The van der Waals surface area contributed by atoms with E-state index in [9.17, 15) is 9.50 Å². The summed E-state index contributed by atoms with van der Waals surface area (Å²) < 4.78 is 13.0. The van der Waals surface area contributed by atoms with E-state index in [2.05, 4.69) is 10.2 Å². The van der Waals surface area contributed by atoms with Crippen LogP contribution in [0.25, 0.3) is 0 Å². The van der Waals surface area contributed by atoms with E-state index in [4.69, 9.17) is 11.6 Å². The molecule has 2 N–H and O–H groups in total. The smallest absolute Gasteiger partial charge is 0.125 e. The molecule has 1 atom stereocenters. The molecule has 0 bridgehead atoms. The number of hydrogen-bond acceptors (Lipinski definition) is 3. The molecule has 2 rings (SSSR count). The maximum atomic E-state index is 13.0. The maximum absolute atomic E-state index is 13.0. The van der Waals surface area contributed by atoms with Crippen LogP contribution in [0.1, 0.15) is 12.8 Å². The quantitative estimate of drug-likeness (QED) is 0.864. The van der Waals surface area contributed by atoms with E-state index in [1.54, 1.807) is 0 Å². The van der Waals surface area contributed by atoms with Gasteiger partial charge in [-0.1, -0.05) is 11.6 Å². The number of aliphatic hydroxyl groups excluding tert-OH is 1. The van der Waals surface area contributed by atoms with Gasteiger partial charge in [-0.2, -0.15) is 0 Å². The molecule has 1 heterocycles. The van der Waals surface area contributed by atoms with Crippen molar-refractivity contribution in [2.75, 3.05) is 31.5 Å². The molecule has 1 saturated heterocycles. The number of hydrogen-bond donors (Lipinski definition) is 2. The SMILES string of the molecule is OC(CNc1cc(F)ccc1Cl)CN1CCCC1. The zero-order valence-electron chi connectivity index (χ0n) is 10.2. The van der Waals surface area contributed by atoms with E-state index in [0.29, 0.717) is 23.8 Å². The van der Waals surface area contributed by atoms with Crippen molar-refractivity contribution in [2.45, 2.75) is 18.9 Å². The Balaban J connectivity index is 1.81. The molecule has 1 aromatic carbocycles. The number of anilines is 1. The van der Waals surface area contributed by atoms with Gasteiger partial charge in [-0.25, -0.2) is 4.39 Å². The Hall–Kier alpha value is -0.840. The van der Waals surface area contributed by atoms with Crippen LogP contribution in [0.4, 0.5) is 10.1 Å². The van der Waals surface area contributed by atoms with Crippen molar-refractivity contribution in [3.8, 4) is 0 Å². The monoisotopic (exact) mass is 272 g/mol. The number of rotatable bonds is 5. The van der Waals surface area contributed by atoms with Gasteiger partial charge in [0.15, 0.2) is 0 Å². The van der Waals surface area contributed by atoms with Crippen molar-refractivity contribution in [1.82, 2.24) is 4.90 Å². The van der Waals surface area contributed by atoms with Gasteiger partial charge >= 0.3 is 0 Å². The first-order valence-electron chi connectivity index (χ1n) is 6.24. The lowest BCUT2D eigenvalue weighted by atomic mass is 10.2. The average molecular weight is 273 g/mol. The highest BCUT2D eigenvalue weighted by Crippen LogP contribution is 2.22. The summed E-state index contributed by atoms with van der Waals surface area (Å²) in [7, 11) is 0. The molecule has 0 amide bonds. The topological polar surface area (TPSA) is 35.5 Å². The number of nitrogens with one attached hydrogen (secondary N) is 1. The first-order chi connectivity index (χ1) is 8.65. The van der Waals surface area contributed by atoms with Crippen LogP contribution in [0, 0.1) is 5.82 Å². The first-order valence-corrected chi connectivity index (χ1v) is 6.62. The summed E-state index contributed by atoms with van der Waals surface area (Å²) >= 11 is 5.93. The Labute approximate surface area is 112 Å². The molecule has 0 aliphatic carbocycles. The van der Waals surface area contributed by atoms with E-state index in [0.717, 1.165) is 13.1 Å². The minimum atomic E-state index is -0.470. The lowest BCUT2D eigenvalue weighted by molar-refractivity contribution is 0.135. The minimum Gasteiger partial charge on any atom is -0.390 e. The zero-order valence-corrected chi connectivity index (χ0v) is 11.0. The Morgan fingerprint density at radius 3 is 2.83 bits per heavy atom. The highest BCUT2D eigenvalue weighted by atomic mass is 35.5. The van der Waals surface area contributed by atoms with E-state index in [1.165, 1.54) is 31.0 Å². The summed E-state index contributed by atoms with van der Waals surface area (Å²) in [4.78, 5) is 2.24. The molecule has 5 heteroatoms. The van der Waals surface area contributed by atoms with Crippen LogP contribution in [0.2, 0.25) is 5.02 Å². The molecule has 100 valence electrons. The molecular formula is C13H18ClFN2O. The second kappa shape index (κ2) is 6.36. The predicted molar refractivity (Wildman–Crippen MR) is 71.6 cm³/mol. The second-order valence-electron chi connectivity index (χ2n) is 4.67. The third-order valence-electron chi connectivity index (χ3n) is 3.12. The van der Waals surface area contributed by atoms with Crippen LogP contribution in [0.15, 0.2) is 18.2 Å². The average Bonchev–Trinajstić information content (AvgIpc) is 2.83. The summed E-state index contributed by atoms with van der Waals surface area (Å²) in [5.41, 5.74) is 0.525. The summed E-state index contributed by atoms with van der Waals surface area (Å²) in [6.45, 7) is 3.13. The number of halogens is 2.